The van der Waals surface area contributed by atoms with Crippen molar-refractivity contribution in [3.8, 4) is 0 Å². The van der Waals surface area contributed by atoms with Crippen LogP contribution in [0.25, 0.3) is 0 Å². The maximum absolute atomic E-state index is 12.0. The summed E-state index contributed by atoms with van der Waals surface area (Å²) >= 11 is 1.53. The van der Waals surface area contributed by atoms with Crippen LogP contribution in [0.4, 0.5) is 0 Å². The van der Waals surface area contributed by atoms with Crippen molar-refractivity contribution >= 4 is 23.5 Å². The van der Waals surface area contributed by atoms with Crippen LogP contribution in [0.2, 0.25) is 0 Å². The molecule has 1 fully saturated rings. The average molecular weight is 319 g/mol. The van der Waals surface area contributed by atoms with E-state index < -0.39 is 0 Å². The maximum Gasteiger partial charge on any atom is 0.230 e. The first-order chi connectivity index (χ1) is 10.7. The third kappa shape index (κ3) is 5.48. The second-order valence-corrected chi connectivity index (χ2v) is 6.94. The van der Waals surface area contributed by atoms with Crippen LogP contribution < -0.4 is 5.32 Å². The highest BCUT2D eigenvalue weighted by atomic mass is 32.2. The van der Waals surface area contributed by atoms with Gasteiger partial charge in [-0.25, -0.2) is 0 Å². The normalized spacial score (nSPS) is 15.5. The van der Waals surface area contributed by atoms with E-state index in [2.05, 4.69) is 5.32 Å². The zero-order chi connectivity index (χ0) is 15.8. The summed E-state index contributed by atoms with van der Waals surface area (Å²) in [5, 5.41) is 3.12. The molecule has 0 saturated heterocycles. The van der Waals surface area contributed by atoms with Crippen LogP contribution in [0.5, 0.6) is 0 Å². The zero-order valence-electron chi connectivity index (χ0n) is 13.3. The van der Waals surface area contributed by atoms with E-state index in [0.29, 0.717) is 18.2 Å². The molecule has 0 aliphatic heterocycles. The van der Waals surface area contributed by atoms with Gasteiger partial charge in [-0.1, -0.05) is 38.3 Å². The Morgan fingerprint density at radius 3 is 2.45 bits per heavy atom. The first kappa shape index (κ1) is 17.1. The van der Waals surface area contributed by atoms with E-state index >= 15 is 0 Å². The molecule has 1 aromatic rings. The van der Waals surface area contributed by atoms with Gasteiger partial charge in [0.05, 0.1) is 5.75 Å². The number of benzene rings is 1. The number of carbonyl (C=O) groups excluding carboxylic acids is 2. The summed E-state index contributed by atoms with van der Waals surface area (Å²) in [6.45, 7) is 2.01. The molecule has 1 aliphatic rings. The first-order valence-electron chi connectivity index (χ1n) is 8.24. The summed E-state index contributed by atoms with van der Waals surface area (Å²) in [4.78, 5) is 24.8. The number of ketones is 1. The lowest BCUT2D eigenvalue weighted by molar-refractivity contribution is -0.119. The molecule has 22 heavy (non-hydrogen) atoms. The second-order valence-electron chi connectivity index (χ2n) is 5.89. The Morgan fingerprint density at radius 2 is 1.82 bits per heavy atom. The van der Waals surface area contributed by atoms with Gasteiger partial charge in [-0.15, -0.1) is 11.8 Å². The smallest absolute Gasteiger partial charge is 0.230 e. The summed E-state index contributed by atoms with van der Waals surface area (Å²) in [6, 6.07) is 7.96. The van der Waals surface area contributed by atoms with Crippen LogP contribution in [0, 0.1) is 0 Å². The lowest BCUT2D eigenvalue weighted by atomic mass is 9.95. The second kappa shape index (κ2) is 8.99. The van der Waals surface area contributed by atoms with Gasteiger partial charge in [0.25, 0.3) is 0 Å². The molecule has 0 aromatic heterocycles. The SMILES string of the molecule is CCCC(=O)c1ccc(SCC(=O)NC2CCCCC2)cc1. The topological polar surface area (TPSA) is 46.2 Å². The predicted molar refractivity (Wildman–Crippen MR) is 91.4 cm³/mol. The fourth-order valence-corrected chi connectivity index (χ4v) is 3.48. The van der Waals surface area contributed by atoms with Crippen molar-refractivity contribution in [1.29, 1.82) is 0 Å². The Hall–Kier alpha value is -1.29. The maximum atomic E-state index is 12.0. The number of nitrogens with one attached hydrogen (secondary N) is 1. The lowest BCUT2D eigenvalue weighted by Gasteiger charge is -2.22. The molecule has 0 atom stereocenters. The van der Waals surface area contributed by atoms with Gasteiger partial charge >= 0.3 is 0 Å². The number of thioether (sulfide) groups is 1. The summed E-state index contributed by atoms with van der Waals surface area (Å²) in [7, 11) is 0. The highest BCUT2D eigenvalue weighted by Crippen LogP contribution is 2.20. The Morgan fingerprint density at radius 1 is 1.14 bits per heavy atom. The average Bonchev–Trinajstić information content (AvgIpc) is 2.54. The van der Waals surface area contributed by atoms with Crippen molar-refractivity contribution in [1.82, 2.24) is 5.32 Å². The largest absolute Gasteiger partial charge is 0.353 e. The molecule has 1 saturated carbocycles. The summed E-state index contributed by atoms with van der Waals surface area (Å²) < 4.78 is 0. The van der Waals surface area contributed by atoms with E-state index in [1.807, 2.05) is 31.2 Å². The molecular formula is C18H25NO2S. The number of Topliss-reactive ketones (excluding diaryl/α,β-unsaturated/α-hetero) is 1. The van der Waals surface area contributed by atoms with Crippen LogP contribution in [-0.4, -0.2) is 23.5 Å². The Bertz CT molecular complexity index is 492. The quantitative estimate of drug-likeness (QED) is 0.605. The van der Waals surface area contributed by atoms with Crippen molar-refractivity contribution < 1.29 is 9.59 Å². The molecule has 2 rings (SSSR count). The van der Waals surface area contributed by atoms with Crippen LogP contribution in [0.15, 0.2) is 29.2 Å². The molecule has 4 heteroatoms. The molecule has 0 heterocycles. The summed E-state index contributed by atoms with van der Waals surface area (Å²) in [5.74, 6) is 0.746. The predicted octanol–water partition coefficient (Wildman–Crippen LogP) is 4.21. The van der Waals surface area contributed by atoms with Gasteiger partial charge in [-0.2, -0.15) is 0 Å². The molecule has 0 radical (unpaired) electrons. The van der Waals surface area contributed by atoms with Crippen LogP contribution >= 0.6 is 11.8 Å². The standard InChI is InChI=1S/C18H25NO2S/c1-2-6-17(20)14-9-11-16(12-10-14)22-13-18(21)19-15-7-4-3-5-8-15/h9-12,15H,2-8,13H2,1H3,(H,19,21). The van der Waals surface area contributed by atoms with Gasteiger partial charge in [-0.05, 0) is 31.4 Å². The Kier molecular flexibility index (Phi) is 6.97. The van der Waals surface area contributed by atoms with Crippen LogP contribution in [0.3, 0.4) is 0 Å². The van der Waals surface area contributed by atoms with Gasteiger partial charge in [-0.3, -0.25) is 9.59 Å². The fourth-order valence-electron chi connectivity index (χ4n) is 2.77. The van der Waals surface area contributed by atoms with Crippen molar-refractivity contribution in [2.45, 2.75) is 62.8 Å². The number of carbonyl (C=O) groups is 2. The highest BCUT2D eigenvalue weighted by molar-refractivity contribution is 8.00. The Balaban J connectivity index is 1.76. The monoisotopic (exact) mass is 319 g/mol. The van der Waals surface area contributed by atoms with E-state index in [-0.39, 0.29) is 11.7 Å². The van der Waals surface area contributed by atoms with Gasteiger partial charge in [0.1, 0.15) is 0 Å². The van der Waals surface area contributed by atoms with E-state index in [1.165, 1.54) is 31.0 Å². The highest BCUT2D eigenvalue weighted by Gasteiger charge is 2.15. The van der Waals surface area contributed by atoms with Crippen LogP contribution in [0.1, 0.15) is 62.2 Å². The van der Waals surface area contributed by atoms with Crippen LogP contribution in [-0.2, 0) is 4.79 Å². The first-order valence-corrected chi connectivity index (χ1v) is 9.23. The van der Waals surface area contributed by atoms with Crippen molar-refractivity contribution in [2.75, 3.05) is 5.75 Å². The summed E-state index contributed by atoms with van der Waals surface area (Å²) in [5.41, 5.74) is 0.762. The summed E-state index contributed by atoms with van der Waals surface area (Å²) in [6.07, 6.45) is 7.45. The van der Waals surface area contributed by atoms with E-state index in [1.54, 1.807) is 0 Å². The number of hydrogen-bond donors (Lipinski definition) is 1. The van der Waals surface area contributed by atoms with Gasteiger partial charge in [0.2, 0.25) is 5.91 Å². The molecule has 120 valence electrons. The third-order valence-electron chi connectivity index (χ3n) is 3.99. The molecule has 1 aliphatic carbocycles. The minimum absolute atomic E-state index is 0.114. The number of hydrogen-bond acceptors (Lipinski definition) is 3. The minimum atomic E-state index is 0.114. The third-order valence-corrected chi connectivity index (χ3v) is 5.01. The fraction of sp³-hybridized carbons (Fsp3) is 0.556. The van der Waals surface area contributed by atoms with Crippen molar-refractivity contribution in [2.24, 2.45) is 0 Å². The van der Waals surface area contributed by atoms with Crippen molar-refractivity contribution in [3.63, 3.8) is 0 Å². The van der Waals surface area contributed by atoms with Crippen molar-refractivity contribution in [3.05, 3.63) is 29.8 Å². The molecule has 0 bridgehead atoms. The lowest BCUT2D eigenvalue weighted by Crippen LogP contribution is -2.37. The molecule has 1 amide bonds. The van der Waals surface area contributed by atoms with E-state index in [0.717, 1.165) is 29.7 Å². The number of amides is 1. The van der Waals surface area contributed by atoms with Gasteiger partial charge in [0.15, 0.2) is 5.78 Å². The van der Waals surface area contributed by atoms with E-state index in [4.69, 9.17) is 0 Å². The molecule has 0 spiro atoms. The molecule has 1 N–H and O–H groups in total. The minimum Gasteiger partial charge on any atom is -0.353 e. The molecular weight excluding hydrogens is 294 g/mol. The Labute approximate surface area is 137 Å². The zero-order valence-corrected chi connectivity index (χ0v) is 14.1. The number of rotatable bonds is 7. The molecule has 3 nitrogen and oxygen atoms in total. The van der Waals surface area contributed by atoms with Gasteiger partial charge in [0, 0.05) is 22.9 Å². The van der Waals surface area contributed by atoms with Gasteiger partial charge < -0.3 is 5.32 Å². The molecule has 0 unspecified atom stereocenters. The molecule has 1 aromatic carbocycles. The van der Waals surface area contributed by atoms with E-state index in [9.17, 15) is 9.59 Å².